The van der Waals surface area contributed by atoms with Gasteiger partial charge in [-0.25, -0.2) is 4.39 Å². The van der Waals surface area contributed by atoms with Gasteiger partial charge in [0.25, 0.3) is 5.89 Å². The minimum absolute atomic E-state index is 0.0639. The maximum atomic E-state index is 13.6. The van der Waals surface area contributed by atoms with Crippen LogP contribution in [0.5, 0.6) is 0 Å². The molecule has 132 valence electrons. The molecule has 6 heteroatoms. The van der Waals surface area contributed by atoms with Gasteiger partial charge in [0.15, 0.2) is 5.82 Å². The number of nitrogens with zero attached hydrogens (tertiary/aromatic N) is 3. The Morgan fingerprint density at radius 3 is 2.77 bits per heavy atom. The summed E-state index contributed by atoms with van der Waals surface area (Å²) in [6.45, 7) is 4.25. The first-order chi connectivity index (χ1) is 12.5. The third-order valence-corrected chi connectivity index (χ3v) is 4.77. The first kappa shape index (κ1) is 16.4. The van der Waals surface area contributed by atoms with Crippen LogP contribution in [0, 0.1) is 19.7 Å². The van der Waals surface area contributed by atoms with Crippen molar-refractivity contribution in [3.8, 4) is 11.5 Å². The summed E-state index contributed by atoms with van der Waals surface area (Å²) in [6, 6.07) is 12.2. The van der Waals surface area contributed by atoms with E-state index in [1.807, 2.05) is 38.1 Å². The molecule has 1 aliphatic rings. The monoisotopic (exact) mass is 351 g/mol. The van der Waals surface area contributed by atoms with Crippen molar-refractivity contribution in [2.45, 2.75) is 26.2 Å². The number of amides is 1. The van der Waals surface area contributed by atoms with E-state index in [0.717, 1.165) is 16.7 Å². The lowest BCUT2D eigenvalue weighted by Gasteiger charge is -2.18. The van der Waals surface area contributed by atoms with Crippen LogP contribution in [0.2, 0.25) is 0 Å². The molecule has 1 atom stereocenters. The van der Waals surface area contributed by atoms with Gasteiger partial charge in [-0.15, -0.1) is 0 Å². The molecule has 0 saturated carbocycles. The molecule has 1 amide bonds. The Kier molecular flexibility index (Phi) is 4.03. The van der Waals surface area contributed by atoms with Crippen LogP contribution in [-0.2, 0) is 4.79 Å². The van der Waals surface area contributed by atoms with Crippen LogP contribution in [0.15, 0.2) is 47.0 Å². The fourth-order valence-corrected chi connectivity index (χ4v) is 3.31. The summed E-state index contributed by atoms with van der Waals surface area (Å²) in [6.07, 6.45) is 0.280. The van der Waals surface area contributed by atoms with Crippen LogP contribution >= 0.6 is 0 Å². The molecule has 26 heavy (non-hydrogen) atoms. The fourth-order valence-electron chi connectivity index (χ4n) is 3.31. The van der Waals surface area contributed by atoms with Crippen molar-refractivity contribution in [2.75, 3.05) is 11.4 Å². The van der Waals surface area contributed by atoms with E-state index in [9.17, 15) is 9.18 Å². The molecule has 0 radical (unpaired) electrons. The van der Waals surface area contributed by atoms with Crippen LogP contribution in [-0.4, -0.2) is 22.6 Å². The zero-order valence-corrected chi connectivity index (χ0v) is 14.6. The normalized spacial score (nSPS) is 17.1. The number of anilines is 1. The van der Waals surface area contributed by atoms with Gasteiger partial charge in [0.1, 0.15) is 5.82 Å². The Balaban J connectivity index is 1.60. The largest absolute Gasteiger partial charge is 0.334 e. The maximum Gasteiger partial charge on any atom is 0.258 e. The standard InChI is InChI=1S/C20H18FN3O2/c1-12-5-3-4-6-16(12)20-22-19(23-26-20)14-9-18(25)24(11-14)17-10-15(21)8-7-13(17)2/h3-8,10,14H,9,11H2,1-2H3. The Bertz CT molecular complexity index is 983. The van der Waals surface area contributed by atoms with Crippen molar-refractivity contribution in [3.63, 3.8) is 0 Å². The van der Waals surface area contributed by atoms with Crippen LogP contribution in [0.1, 0.15) is 29.3 Å². The second-order valence-corrected chi connectivity index (χ2v) is 6.61. The number of hydrogen-bond donors (Lipinski definition) is 0. The van der Waals surface area contributed by atoms with E-state index < -0.39 is 0 Å². The fraction of sp³-hybridized carbons (Fsp3) is 0.250. The number of carbonyl (C=O) groups excluding carboxylic acids is 1. The van der Waals surface area contributed by atoms with Crippen LogP contribution in [0.4, 0.5) is 10.1 Å². The molecule has 2 aromatic carbocycles. The first-order valence-corrected chi connectivity index (χ1v) is 8.49. The molecule has 0 N–H and O–H groups in total. The smallest absolute Gasteiger partial charge is 0.258 e. The molecule has 1 aliphatic heterocycles. The lowest BCUT2D eigenvalue weighted by molar-refractivity contribution is -0.117. The maximum absolute atomic E-state index is 13.6. The van der Waals surface area contributed by atoms with Gasteiger partial charge < -0.3 is 9.42 Å². The average Bonchev–Trinajstić information content (AvgIpc) is 3.24. The van der Waals surface area contributed by atoms with E-state index in [1.165, 1.54) is 12.1 Å². The summed E-state index contributed by atoms with van der Waals surface area (Å²) in [4.78, 5) is 18.6. The number of halogens is 1. The molecule has 1 fully saturated rings. The summed E-state index contributed by atoms with van der Waals surface area (Å²) < 4.78 is 19.0. The molecule has 0 spiro atoms. The Morgan fingerprint density at radius 1 is 1.15 bits per heavy atom. The number of benzene rings is 2. The predicted octanol–water partition coefficient (Wildman–Crippen LogP) is 4.01. The zero-order chi connectivity index (χ0) is 18.3. The Morgan fingerprint density at radius 2 is 1.96 bits per heavy atom. The van der Waals surface area contributed by atoms with Crippen molar-refractivity contribution < 1.29 is 13.7 Å². The lowest BCUT2D eigenvalue weighted by atomic mass is 10.1. The van der Waals surface area contributed by atoms with Crippen molar-refractivity contribution in [1.82, 2.24) is 10.1 Å². The number of aromatic nitrogens is 2. The van der Waals surface area contributed by atoms with E-state index in [-0.39, 0.29) is 24.1 Å². The van der Waals surface area contributed by atoms with Gasteiger partial charge >= 0.3 is 0 Å². The molecule has 5 nitrogen and oxygen atoms in total. The first-order valence-electron chi connectivity index (χ1n) is 8.49. The highest BCUT2D eigenvalue weighted by atomic mass is 19.1. The molecule has 0 aliphatic carbocycles. The third kappa shape index (κ3) is 2.87. The third-order valence-electron chi connectivity index (χ3n) is 4.77. The van der Waals surface area contributed by atoms with Gasteiger partial charge in [-0.05, 0) is 43.2 Å². The van der Waals surface area contributed by atoms with Crippen molar-refractivity contribution in [2.24, 2.45) is 0 Å². The lowest BCUT2D eigenvalue weighted by Crippen LogP contribution is -2.25. The van der Waals surface area contributed by atoms with Crippen LogP contribution in [0.25, 0.3) is 11.5 Å². The van der Waals surface area contributed by atoms with E-state index in [4.69, 9.17) is 4.52 Å². The molecule has 3 aromatic rings. The van der Waals surface area contributed by atoms with E-state index in [0.29, 0.717) is 23.9 Å². The van der Waals surface area contributed by atoms with Gasteiger partial charge in [0.2, 0.25) is 5.91 Å². The van der Waals surface area contributed by atoms with Gasteiger partial charge in [-0.2, -0.15) is 4.98 Å². The van der Waals surface area contributed by atoms with E-state index in [1.54, 1.807) is 11.0 Å². The van der Waals surface area contributed by atoms with Gasteiger partial charge in [0, 0.05) is 30.1 Å². The minimum atomic E-state index is -0.358. The van der Waals surface area contributed by atoms with Crippen molar-refractivity contribution >= 4 is 11.6 Å². The van der Waals surface area contributed by atoms with Gasteiger partial charge in [-0.3, -0.25) is 4.79 Å². The highest BCUT2D eigenvalue weighted by molar-refractivity contribution is 5.97. The predicted molar refractivity (Wildman–Crippen MR) is 95.3 cm³/mol. The molecular weight excluding hydrogens is 333 g/mol. The Labute approximate surface area is 150 Å². The van der Waals surface area contributed by atoms with Crippen LogP contribution in [0.3, 0.4) is 0 Å². The summed E-state index contributed by atoms with van der Waals surface area (Å²) >= 11 is 0. The Hall–Kier alpha value is -3.02. The summed E-state index contributed by atoms with van der Waals surface area (Å²) in [5.41, 5.74) is 3.38. The second kappa shape index (κ2) is 6.37. The molecule has 1 saturated heterocycles. The summed E-state index contributed by atoms with van der Waals surface area (Å²) in [7, 11) is 0. The second-order valence-electron chi connectivity index (χ2n) is 6.61. The highest BCUT2D eigenvalue weighted by Gasteiger charge is 2.35. The quantitative estimate of drug-likeness (QED) is 0.715. The van der Waals surface area contributed by atoms with E-state index >= 15 is 0 Å². The molecule has 1 unspecified atom stereocenters. The highest BCUT2D eigenvalue weighted by Crippen LogP contribution is 2.33. The van der Waals surface area contributed by atoms with Gasteiger partial charge in [-0.1, -0.05) is 29.4 Å². The molecular formula is C20H18FN3O2. The number of hydrogen-bond acceptors (Lipinski definition) is 4. The number of carbonyl (C=O) groups is 1. The van der Waals surface area contributed by atoms with Crippen LogP contribution < -0.4 is 4.90 Å². The minimum Gasteiger partial charge on any atom is -0.334 e. The SMILES string of the molecule is Cc1ccccc1-c1nc(C2CC(=O)N(c3cc(F)ccc3C)C2)no1. The number of rotatable bonds is 3. The van der Waals surface area contributed by atoms with Crippen molar-refractivity contribution in [3.05, 3.63) is 65.2 Å². The molecule has 2 heterocycles. The van der Waals surface area contributed by atoms with E-state index in [2.05, 4.69) is 10.1 Å². The number of aryl methyl sites for hydroxylation is 2. The zero-order valence-electron chi connectivity index (χ0n) is 14.6. The van der Waals surface area contributed by atoms with Crippen molar-refractivity contribution in [1.29, 1.82) is 0 Å². The summed E-state index contributed by atoms with van der Waals surface area (Å²) in [5.74, 6) is 0.361. The van der Waals surface area contributed by atoms with Gasteiger partial charge in [0.05, 0.1) is 0 Å². The molecule has 1 aromatic heterocycles. The topological polar surface area (TPSA) is 59.2 Å². The summed E-state index contributed by atoms with van der Waals surface area (Å²) in [5, 5.41) is 4.08. The molecule has 4 rings (SSSR count). The molecule has 0 bridgehead atoms. The average molecular weight is 351 g/mol.